The lowest BCUT2D eigenvalue weighted by Gasteiger charge is -2.10. The van der Waals surface area contributed by atoms with Gasteiger partial charge in [0.1, 0.15) is 11.5 Å². The molecule has 2 N–H and O–H groups in total. The molecular weight excluding hydrogens is 288 g/mol. The summed E-state index contributed by atoms with van der Waals surface area (Å²) in [6.45, 7) is 1.99. The molecule has 21 heavy (non-hydrogen) atoms. The van der Waals surface area contributed by atoms with E-state index in [9.17, 15) is 8.42 Å². The van der Waals surface area contributed by atoms with Crippen LogP contribution in [0.3, 0.4) is 0 Å². The number of nitrogens with two attached hydrogens (primary N) is 1. The average Bonchev–Trinajstić information content (AvgIpc) is 2.47. The Bertz CT molecular complexity index is 712. The van der Waals surface area contributed by atoms with Crippen molar-refractivity contribution in [3.63, 3.8) is 0 Å². The molecule has 0 saturated carbocycles. The quantitative estimate of drug-likeness (QED) is 0.918. The summed E-state index contributed by atoms with van der Waals surface area (Å²) in [5, 5.41) is 0. The van der Waals surface area contributed by atoms with E-state index in [2.05, 4.69) is 4.98 Å². The fourth-order valence-corrected chi connectivity index (χ4v) is 2.44. The predicted molar refractivity (Wildman–Crippen MR) is 81.1 cm³/mol. The van der Waals surface area contributed by atoms with Gasteiger partial charge in [0.25, 0.3) is 0 Å². The number of hydrogen-bond acceptors (Lipinski definition) is 5. The van der Waals surface area contributed by atoms with Crippen molar-refractivity contribution in [2.45, 2.75) is 24.3 Å². The number of rotatable bonds is 5. The molecule has 1 aromatic heterocycles. The first kappa shape index (κ1) is 15.5. The van der Waals surface area contributed by atoms with E-state index in [4.69, 9.17) is 10.5 Å². The summed E-state index contributed by atoms with van der Waals surface area (Å²) in [7, 11) is -3.25. The molecule has 6 heteroatoms. The predicted octanol–water partition coefficient (Wildman–Crippen LogP) is 2.69. The molecule has 2 rings (SSSR count). The molecule has 1 aromatic carbocycles. The summed E-state index contributed by atoms with van der Waals surface area (Å²) in [5.41, 5.74) is 6.70. The molecule has 0 aliphatic carbocycles. The minimum absolute atomic E-state index is 0.0902. The van der Waals surface area contributed by atoms with Crippen LogP contribution in [0.5, 0.6) is 11.5 Å². The summed E-state index contributed by atoms with van der Waals surface area (Å²) in [4.78, 5) is 4.47. The lowest BCUT2D eigenvalue weighted by molar-refractivity contribution is 0.477. The first-order chi connectivity index (χ1) is 9.90. The van der Waals surface area contributed by atoms with Gasteiger partial charge in [-0.25, -0.2) is 8.42 Å². The molecule has 5 nitrogen and oxygen atoms in total. The Morgan fingerprint density at radius 2 is 2.00 bits per heavy atom. The van der Waals surface area contributed by atoms with Crippen molar-refractivity contribution in [3.05, 3.63) is 48.3 Å². The number of hydrogen-bond donors (Lipinski definition) is 1. The SMILES string of the molecule is CC[C@H](N)c1ccc(Oc2cccc(S(C)(=O)=O)c2)cn1. The van der Waals surface area contributed by atoms with E-state index in [1.807, 2.05) is 13.0 Å². The van der Waals surface area contributed by atoms with Crippen LogP contribution in [0.1, 0.15) is 25.1 Å². The first-order valence-electron chi connectivity index (χ1n) is 6.59. The second kappa shape index (κ2) is 6.24. The van der Waals surface area contributed by atoms with Crippen LogP contribution in [-0.4, -0.2) is 19.7 Å². The topological polar surface area (TPSA) is 82.3 Å². The number of nitrogens with zero attached hydrogens (tertiary/aromatic N) is 1. The molecular formula is C15H18N2O3S. The molecule has 112 valence electrons. The van der Waals surface area contributed by atoms with Crippen molar-refractivity contribution in [1.29, 1.82) is 0 Å². The van der Waals surface area contributed by atoms with Gasteiger partial charge in [0.2, 0.25) is 0 Å². The third-order valence-corrected chi connectivity index (χ3v) is 4.16. The van der Waals surface area contributed by atoms with E-state index in [0.29, 0.717) is 11.5 Å². The van der Waals surface area contributed by atoms with E-state index in [0.717, 1.165) is 18.4 Å². The fourth-order valence-electron chi connectivity index (χ4n) is 1.79. The van der Waals surface area contributed by atoms with Gasteiger partial charge in [0.05, 0.1) is 16.8 Å². The molecule has 0 spiro atoms. The van der Waals surface area contributed by atoms with Gasteiger partial charge in [-0.15, -0.1) is 0 Å². The zero-order chi connectivity index (χ0) is 15.5. The highest BCUT2D eigenvalue weighted by atomic mass is 32.2. The van der Waals surface area contributed by atoms with Gasteiger partial charge in [0.15, 0.2) is 9.84 Å². The van der Waals surface area contributed by atoms with Gasteiger partial charge >= 0.3 is 0 Å². The van der Waals surface area contributed by atoms with Crippen molar-refractivity contribution in [2.24, 2.45) is 5.73 Å². The molecule has 1 heterocycles. The number of aromatic nitrogens is 1. The number of pyridine rings is 1. The van der Waals surface area contributed by atoms with E-state index in [1.54, 1.807) is 24.4 Å². The highest BCUT2D eigenvalue weighted by Gasteiger charge is 2.09. The number of ether oxygens (including phenoxy) is 1. The molecule has 0 fully saturated rings. The van der Waals surface area contributed by atoms with Crippen molar-refractivity contribution in [2.75, 3.05) is 6.26 Å². The highest BCUT2D eigenvalue weighted by Crippen LogP contribution is 2.24. The van der Waals surface area contributed by atoms with Crippen LogP contribution in [0.25, 0.3) is 0 Å². The Kier molecular flexibility index (Phi) is 4.59. The molecule has 0 radical (unpaired) electrons. The maximum absolute atomic E-state index is 11.5. The van der Waals surface area contributed by atoms with Crippen LogP contribution in [0.2, 0.25) is 0 Å². The van der Waals surface area contributed by atoms with Gasteiger partial charge in [-0.05, 0) is 36.8 Å². The van der Waals surface area contributed by atoms with Gasteiger partial charge < -0.3 is 10.5 Å². The Morgan fingerprint density at radius 3 is 2.57 bits per heavy atom. The monoisotopic (exact) mass is 306 g/mol. The van der Waals surface area contributed by atoms with Crippen LogP contribution < -0.4 is 10.5 Å². The Balaban J connectivity index is 2.19. The number of benzene rings is 1. The second-order valence-electron chi connectivity index (χ2n) is 4.78. The zero-order valence-corrected chi connectivity index (χ0v) is 12.8. The maximum atomic E-state index is 11.5. The highest BCUT2D eigenvalue weighted by molar-refractivity contribution is 7.90. The maximum Gasteiger partial charge on any atom is 0.175 e. The smallest absolute Gasteiger partial charge is 0.175 e. The van der Waals surface area contributed by atoms with Crippen molar-refractivity contribution in [1.82, 2.24) is 4.98 Å². The van der Waals surface area contributed by atoms with E-state index < -0.39 is 9.84 Å². The normalized spacial score (nSPS) is 12.9. The largest absolute Gasteiger partial charge is 0.456 e. The second-order valence-corrected chi connectivity index (χ2v) is 6.80. The summed E-state index contributed by atoms with van der Waals surface area (Å²) in [6.07, 6.45) is 3.55. The molecule has 0 unspecified atom stereocenters. The molecule has 0 amide bonds. The molecule has 0 bridgehead atoms. The number of sulfone groups is 1. The fraction of sp³-hybridized carbons (Fsp3) is 0.267. The summed E-state index contributed by atoms with van der Waals surface area (Å²) in [5.74, 6) is 0.986. The van der Waals surface area contributed by atoms with Gasteiger partial charge in [0, 0.05) is 12.3 Å². The standard InChI is InChI=1S/C15H18N2O3S/c1-3-14(16)15-8-7-12(10-17-15)20-11-5-4-6-13(9-11)21(2,18)19/h4-10,14H,3,16H2,1-2H3/t14-/m0/s1. The summed E-state index contributed by atoms with van der Waals surface area (Å²) >= 11 is 0. The Labute approximate surface area is 124 Å². The van der Waals surface area contributed by atoms with E-state index in [-0.39, 0.29) is 10.9 Å². The van der Waals surface area contributed by atoms with E-state index in [1.165, 1.54) is 12.1 Å². The minimum atomic E-state index is -3.25. The molecule has 0 aliphatic heterocycles. The molecule has 1 atom stereocenters. The third-order valence-electron chi connectivity index (χ3n) is 3.05. The summed E-state index contributed by atoms with van der Waals surface area (Å²) in [6, 6.07) is 9.84. The lowest BCUT2D eigenvalue weighted by Crippen LogP contribution is -2.10. The van der Waals surface area contributed by atoms with Crippen LogP contribution in [-0.2, 0) is 9.84 Å². The average molecular weight is 306 g/mol. The Morgan fingerprint density at radius 1 is 1.24 bits per heavy atom. The van der Waals surface area contributed by atoms with Crippen LogP contribution >= 0.6 is 0 Å². The van der Waals surface area contributed by atoms with Gasteiger partial charge in [-0.1, -0.05) is 13.0 Å². The van der Waals surface area contributed by atoms with Crippen molar-refractivity contribution < 1.29 is 13.2 Å². The molecule has 2 aromatic rings. The lowest BCUT2D eigenvalue weighted by atomic mass is 10.1. The summed E-state index contributed by atoms with van der Waals surface area (Å²) < 4.78 is 28.6. The Hall–Kier alpha value is -1.92. The molecule has 0 aliphatic rings. The van der Waals surface area contributed by atoms with Crippen LogP contribution in [0.15, 0.2) is 47.5 Å². The van der Waals surface area contributed by atoms with Crippen molar-refractivity contribution in [3.8, 4) is 11.5 Å². The first-order valence-corrected chi connectivity index (χ1v) is 8.49. The van der Waals surface area contributed by atoms with Gasteiger partial charge in [-0.2, -0.15) is 0 Å². The third kappa shape index (κ3) is 4.03. The zero-order valence-electron chi connectivity index (χ0n) is 12.0. The van der Waals surface area contributed by atoms with Crippen LogP contribution in [0, 0.1) is 0 Å². The van der Waals surface area contributed by atoms with Crippen molar-refractivity contribution >= 4 is 9.84 Å². The molecule has 0 saturated heterocycles. The van der Waals surface area contributed by atoms with Crippen LogP contribution in [0.4, 0.5) is 0 Å². The van der Waals surface area contributed by atoms with Gasteiger partial charge in [-0.3, -0.25) is 4.98 Å². The van der Waals surface area contributed by atoms with E-state index >= 15 is 0 Å². The minimum Gasteiger partial charge on any atom is -0.456 e.